The van der Waals surface area contributed by atoms with Crippen LogP contribution in [0.25, 0.3) is 0 Å². The van der Waals surface area contributed by atoms with Gasteiger partial charge in [0, 0.05) is 0 Å². The van der Waals surface area contributed by atoms with Crippen LogP contribution in [0.2, 0.25) is 0 Å². The van der Waals surface area contributed by atoms with Gasteiger partial charge in [-0.3, -0.25) is 9.13 Å². The Morgan fingerprint density at radius 2 is 0.481 bits per heavy atom. The van der Waals surface area contributed by atoms with E-state index in [2.05, 4.69) is 65.9 Å². The summed E-state index contributed by atoms with van der Waals surface area (Å²) in [4.78, 5) is 41.3. The Bertz CT molecular complexity index is 702. The second-order valence-corrected chi connectivity index (χ2v) is 15.4. The molecule has 52 heavy (non-hydrogen) atoms. The van der Waals surface area contributed by atoms with Gasteiger partial charge < -0.3 is 9.79 Å². The average molecular weight is 825 g/mol. The molecular weight excluding hydrogens is 748 g/mol. The normalized spacial score (nSPS) is 13.3. The van der Waals surface area contributed by atoms with Gasteiger partial charge in [0.15, 0.2) is 0 Å². The van der Waals surface area contributed by atoms with E-state index in [0.717, 1.165) is 89.9 Å². The summed E-state index contributed by atoms with van der Waals surface area (Å²) in [5.41, 5.74) is 0. The molecule has 0 aliphatic rings. The molecule has 0 spiro atoms. The van der Waals surface area contributed by atoms with Crippen molar-refractivity contribution in [3.05, 3.63) is 0 Å². The molecule has 0 saturated heterocycles. The van der Waals surface area contributed by atoms with Crippen LogP contribution in [0.4, 0.5) is 0 Å². The molecule has 0 bridgehead atoms. The number of unbranched alkanes of at least 4 members (excludes halogenated alkanes) is 24. The first kappa shape index (κ1) is 61.4. The molecular formula is C36H76KNaO12P2. The molecule has 0 amide bonds. The second kappa shape index (κ2) is 49.8. The molecule has 0 radical (unpaired) electrons. The van der Waals surface area contributed by atoms with Crippen molar-refractivity contribution in [2.24, 2.45) is 0 Å². The van der Waals surface area contributed by atoms with Gasteiger partial charge >= 0.3 is 96.6 Å². The summed E-state index contributed by atoms with van der Waals surface area (Å²) >= 11 is 0. The molecule has 2 atom stereocenters. The monoisotopic (exact) mass is 824 g/mol. The Morgan fingerprint density at radius 3 is 0.673 bits per heavy atom. The van der Waals surface area contributed by atoms with Crippen LogP contribution in [0.1, 0.15) is 207 Å². The van der Waals surface area contributed by atoms with Crippen molar-refractivity contribution in [2.75, 3.05) is 26.4 Å². The molecule has 304 valence electrons. The van der Waals surface area contributed by atoms with Gasteiger partial charge in [-0.15, -0.1) is 0 Å². The molecule has 0 aromatic heterocycles. The summed E-state index contributed by atoms with van der Waals surface area (Å²) < 4.78 is 39.8. The zero-order valence-electron chi connectivity index (χ0n) is 34.4. The topological polar surface area (TPSA) is 154 Å². The van der Waals surface area contributed by atoms with Crippen molar-refractivity contribution in [3.63, 3.8) is 0 Å². The van der Waals surface area contributed by atoms with Crippen LogP contribution in [0.3, 0.4) is 0 Å². The van der Waals surface area contributed by atoms with E-state index in [1.807, 2.05) is 0 Å². The number of rotatable bonds is 40. The largest absolute Gasteiger partial charge is 1.00 e. The van der Waals surface area contributed by atoms with E-state index in [-0.39, 0.29) is 107 Å². The summed E-state index contributed by atoms with van der Waals surface area (Å²) in [5, 5.41) is 0. The van der Waals surface area contributed by atoms with E-state index in [0.29, 0.717) is 0 Å². The molecule has 2 unspecified atom stereocenters. The Balaban J connectivity index is -0.000000427. The van der Waals surface area contributed by atoms with Crippen LogP contribution in [0.5, 0.6) is 0 Å². The number of hydrogen-bond donors (Lipinski definition) is 0. The van der Waals surface area contributed by atoms with Crippen molar-refractivity contribution in [3.8, 4) is 0 Å². The van der Waals surface area contributed by atoms with Gasteiger partial charge in [0.2, 0.25) is 0 Å². The molecule has 0 saturated carbocycles. The van der Waals surface area contributed by atoms with E-state index < -0.39 is 15.6 Å². The summed E-state index contributed by atoms with van der Waals surface area (Å²) in [6.45, 7) is 9.59. The third kappa shape index (κ3) is 54.8. The van der Waals surface area contributed by atoms with Crippen LogP contribution in [0.15, 0.2) is 0 Å². The van der Waals surface area contributed by atoms with Gasteiger partial charge in [-0.1, -0.05) is 182 Å². The Kier molecular flexibility index (Phi) is 58.8. The van der Waals surface area contributed by atoms with Gasteiger partial charge in [-0.05, 0) is 25.7 Å². The zero-order chi connectivity index (χ0) is 37.3. The van der Waals surface area contributed by atoms with Crippen molar-refractivity contribution < 1.29 is 138 Å². The fraction of sp³-hybridized carbons (Fsp3) is 1.00. The molecule has 0 fully saturated rings. The number of hydrogen-bond acceptors (Lipinski definition) is 12. The predicted octanol–water partition coefficient (Wildman–Crippen LogP) is 5.71. The van der Waals surface area contributed by atoms with Crippen molar-refractivity contribution >= 4 is 15.6 Å². The van der Waals surface area contributed by atoms with Gasteiger partial charge in [-0.2, -0.15) is 18.7 Å². The summed E-state index contributed by atoms with van der Waals surface area (Å²) in [6.07, 6.45) is 32.0. The SMILES string of the molecule is CCCCCCCCCCCCOOP(=O)([O-])OOCCCCCC.CCCCCCCCCCCCOOP(=O)([O-])OOCCCCCC.[K+].[Na+]. The van der Waals surface area contributed by atoms with Crippen LogP contribution >= 0.6 is 15.6 Å². The van der Waals surface area contributed by atoms with Crippen LogP contribution in [0, 0.1) is 0 Å². The molecule has 0 N–H and O–H groups in total. The Labute approximate surface area is 383 Å². The van der Waals surface area contributed by atoms with Crippen LogP contribution < -0.4 is 90.7 Å². The van der Waals surface area contributed by atoms with E-state index in [9.17, 15) is 18.9 Å². The van der Waals surface area contributed by atoms with Crippen LogP contribution in [-0.4, -0.2) is 26.4 Å². The quantitative estimate of drug-likeness (QED) is 0.0245. The molecule has 0 aromatic carbocycles. The van der Waals surface area contributed by atoms with E-state index in [1.165, 1.54) is 89.9 Å². The maximum Gasteiger partial charge on any atom is 1.00 e. The maximum atomic E-state index is 11.3. The van der Waals surface area contributed by atoms with Gasteiger partial charge in [0.05, 0.1) is 26.4 Å². The fourth-order valence-corrected chi connectivity index (χ4v) is 5.77. The van der Waals surface area contributed by atoms with Crippen molar-refractivity contribution in [1.82, 2.24) is 0 Å². The zero-order valence-corrected chi connectivity index (χ0v) is 41.3. The molecule has 0 aromatic rings. The maximum absolute atomic E-state index is 11.3. The average Bonchev–Trinajstić information content (AvgIpc) is 3.09. The summed E-state index contributed by atoms with van der Waals surface area (Å²) in [6, 6.07) is 0. The molecule has 12 nitrogen and oxygen atoms in total. The molecule has 0 rings (SSSR count). The van der Waals surface area contributed by atoms with Crippen molar-refractivity contribution in [1.29, 1.82) is 0 Å². The minimum absolute atomic E-state index is 0. The van der Waals surface area contributed by atoms with Crippen molar-refractivity contribution in [2.45, 2.75) is 207 Å². The third-order valence-corrected chi connectivity index (χ3v) is 9.05. The first-order chi connectivity index (χ1) is 24.2. The van der Waals surface area contributed by atoms with E-state index >= 15 is 0 Å². The van der Waals surface area contributed by atoms with Gasteiger partial charge in [0.1, 0.15) is 0 Å². The molecule has 0 heterocycles. The van der Waals surface area contributed by atoms with E-state index in [4.69, 9.17) is 0 Å². The van der Waals surface area contributed by atoms with E-state index in [1.54, 1.807) is 0 Å². The van der Waals surface area contributed by atoms with Gasteiger partial charge in [-0.25, -0.2) is 19.6 Å². The third-order valence-electron chi connectivity index (χ3n) is 7.90. The fourth-order valence-electron chi connectivity index (χ4n) is 4.90. The smallest absolute Gasteiger partial charge is 0.753 e. The Morgan fingerprint density at radius 1 is 0.327 bits per heavy atom. The van der Waals surface area contributed by atoms with Gasteiger partial charge in [0.25, 0.3) is 0 Å². The first-order valence-electron chi connectivity index (χ1n) is 20.1. The van der Waals surface area contributed by atoms with Crippen LogP contribution in [-0.2, 0) is 47.4 Å². The minimum atomic E-state index is -4.52. The predicted molar refractivity (Wildman–Crippen MR) is 195 cm³/mol. The molecule has 16 heteroatoms. The molecule has 0 aliphatic carbocycles. The first-order valence-corrected chi connectivity index (χ1v) is 23.0. The summed E-state index contributed by atoms with van der Waals surface area (Å²) in [7, 11) is -9.04. The summed E-state index contributed by atoms with van der Waals surface area (Å²) in [5.74, 6) is 0. The standard InChI is InChI=1S/2C18H39O6P.K.Na/c2*1-3-5-7-9-10-11-12-13-14-16-18-22-24-25(19,20)23-21-17-15-8-6-4-2;;/h2*3-18H2,1-2H3,(H,19,20);;/q;;2*+1/p-2. The molecule has 0 aliphatic heterocycles. The number of phosphoric acid groups is 2. The second-order valence-electron chi connectivity index (χ2n) is 13.0. The Hall–Kier alpha value is 2.70. The minimum Gasteiger partial charge on any atom is -0.753 e.